The van der Waals surface area contributed by atoms with Gasteiger partial charge in [-0.1, -0.05) is 44.2 Å². The maximum Gasteiger partial charge on any atom is 0.317 e. The number of carbonyl (C=O) groups is 2. The summed E-state index contributed by atoms with van der Waals surface area (Å²) in [5, 5.41) is 2.84. The van der Waals surface area contributed by atoms with E-state index in [9.17, 15) is 9.59 Å². The van der Waals surface area contributed by atoms with Gasteiger partial charge in [-0.3, -0.25) is 4.79 Å². The number of benzene rings is 1. The summed E-state index contributed by atoms with van der Waals surface area (Å²) >= 11 is 0. The molecule has 3 rings (SSSR count). The Kier molecular flexibility index (Phi) is 8.03. The van der Waals surface area contributed by atoms with Gasteiger partial charge in [0, 0.05) is 70.4 Å². The second-order valence-corrected chi connectivity index (χ2v) is 8.57. The van der Waals surface area contributed by atoms with Crippen LogP contribution in [-0.2, 0) is 11.3 Å². The van der Waals surface area contributed by atoms with Gasteiger partial charge >= 0.3 is 6.03 Å². The minimum atomic E-state index is -0.174. The third-order valence-electron chi connectivity index (χ3n) is 5.56. The molecule has 1 aromatic heterocycles. The number of aryl methyl sites for hydroxylation is 1. The minimum absolute atomic E-state index is 0.0670. The number of hydrogen-bond donors (Lipinski definition) is 1. The van der Waals surface area contributed by atoms with Gasteiger partial charge in [-0.2, -0.15) is 0 Å². The van der Waals surface area contributed by atoms with Crippen LogP contribution >= 0.6 is 0 Å². The average Bonchev–Trinajstić information content (AvgIpc) is 2.79. The van der Waals surface area contributed by atoms with Crippen LogP contribution in [0.2, 0.25) is 0 Å². The van der Waals surface area contributed by atoms with Crippen LogP contribution in [0.25, 0.3) is 0 Å². The molecule has 0 atom stereocenters. The highest BCUT2D eigenvalue weighted by molar-refractivity contribution is 5.78. The highest BCUT2D eigenvalue weighted by atomic mass is 16.2. The van der Waals surface area contributed by atoms with Crippen molar-refractivity contribution >= 4 is 17.8 Å². The van der Waals surface area contributed by atoms with Crippen molar-refractivity contribution < 1.29 is 9.59 Å². The molecule has 1 aromatic carbocycles. The molecule has 1 fully saturated rings. The molecule has 1 aliphatic heterocycles. The van der Waals surface area contributed by atoms with Gasteiger partial charge in [-0.05, 0) is 12.5 Å². The van der Waals surface area contributed by atoms with E-state index in [0.717, 1.165) is 36.0 Å². The Balaban J connectivity index is 1.41. The molecule has 2 heterocycles. The van der Waals surface area contributed by atoms with E-state index in [1.54, 1.807) is 11.9 Å². The maximum atomic E-state index is 12.6. The van der Waals surface area contributed by atoms with Crippen LogP contribution in [0.4, 0.5) is 10.6 Å². The smallest absolute Gasteiger partial charge is 0.317 e. The van der Waals surface area contributed by atoms with Gasteiger partial charge in [0.15, 0.2) is 0 Å². The molecular weight excluding hydrogens is 404 g/mol. The predicted octanol–water partition coefficient (Wildman–Crippen LogP) is 2.79. The first-order chi connectivity index (χ1) is 15.3. The Labute approximate surface area is 190 Å². The first kappa shape index (κ1) is 23.5. The number of piperazine rings is 1. The van der Waals surface area contributed by atoms with Crippen molar-refractivity contribution in [3.8, 4) is 0 Å². The standard InChI is InChI=1S/C24H34N6O2/c1-18(2)23-26-19(3)16-21(27-23)29-12-14-30(15-13-29)22(31)10-11-25-24(32)28(4)17-20-8-6-5-7-9-20/h5-9,16,18H,10-15,17H2,1-4H3,(H,25,32). The molecule has 1 aliphatic rings. The summed E-state index contributed by atoms with van der Waals surface area (Å²) in [5.74, 6) is 2.13. The summed E-state index contributed by atoms with van der Waals surface area (Å²) in [6, 6.07) is 11.7. The van der Waals surface area contributed by atoms with Crippen LogP contribution in [0.5, 0.6) is 0 Å². The molecule has 32 heavy (non-hydrogen) atoms. The molecular formula is C24H34N6O2. The number of nitrogens with one attached hydrogen (secondary N) is 1. The molecule has 1 N–H and O–H groups in total. The lowest BCUT2D eigenvalue weighted by atomic mass is 10.2. The van der Waals surface area contributed by atoms with E-state index in [4.69, 9.17) is 4.98 Å². The van der Waals surface area contributed by atoms with Crippen molar-refractivity contribution in [2.24, 2.45) is 0 Å². The lowest BCUT2D eigenvalue weighted by molar-refractivity contribution is -0.131. The molecule has 0 unspecified atom stereocenters. The largest absolute Gasteiger partial charge is 0.353 e. The van der Waals surface area contributed by atoms with E-state index in [2.05, 4.69) is 29.0 Å². The fraction of sp³-hybridized carbons (Fsp3) is 0.500. The zero-order valence-electron chi connectivity index (χ0n) is 19.5. The number of carbonyl (C=O) groups excluding carboxylic acids is 2. The topological polar surface area (TPSA) is 81.7 Å². The monoisotopic (exact) mass is 438 g/mol. The summed E-state index contributed by atoms with van der Waals surface area (Å²) in [4.78, 5) is 39.8. The molecule has 2 aromatic rings. The quantitative estimate of drug-likeness (QED) is 0.719. The van der Waals surface area contributed by atoms with Crippen molar-refractivity contribution in [3.05, 3.63) is 53.5 Å². The number of amides is 3. The van der Waals surface area contributed by atoms with Crippen molar-refractivity contribution in [3.63, 3.8) is 0 Å². The van der Waals surface area contributed by atoms with Crippen LogP contribution in [0.15, 0.2) is 36.4 Å². The average molecular weight is 439 g/mol. The Bertz CT molecular complexity index is 910. The highest BCUT2D eigenvalue weighted by Crippen LogP contribution is 2.19. The SMILES string of the molecule is Cc1cc(N2CCN(C(=O)CCNC(=O)N(C)Cc3ccccc3)CC2)nc(C(C)C)n1. The van der Waals surface area contributed by atoms with Crippen molar-refractivity contribution in [1.82, 2.24) is 25.1 Å². The molecule has 8 nitrogen and oxygen atoms in total. The van der Waals surface area contributed by atoms with Crippen molar-refractivity contribution in [2.75, 3.05) is 44.7 Å². The van der Waals surface area contributed by atoms with Gasteiger partial charge in [0.2, 0.25) is 5.91 Å². The Morgan fingerprint density at radius 1 is 1.09 bits per heavy atom. The minimum Gasteiger partial charge on any atom is -0.353 e. The summed E-state index contributed by atoms with van der Waals surface area (Å²) in [7, 11) is 1.75. The molecule has 0 aliphatic carbocycles. The van der Waals surface area contributed by atoms with E-state index >= 15 is 0 Å². The normalized spacial score (nSPS) is 13.9. The zero-order chi connectivity index (χ0) is 23.1. The number of hydrogen-bond acceptors (Lipinski definition) is 5. The molecule has 0 spiro atoms. The molecule has 172 valence electrons. The Morgan fingerprint density at radius 3 is 2.44 bits per heavy atom. The lowest BCUT2D eigenvalue weighted by Gasteiger charge is -2.35. The van der Waals surface area contributed by atoms with Crippen molar-refractivity contribution in [1.29, 1.82) is 0 Å². The predicted molar refractivity (Wildman–Crippen MR) is 126 cm³/mol. The van der Waals surface area contributed by atoms with Crippen LogP contribution in [0, 0.1) is 6.92 Å². The van der Waals surface area contributed by atoms with Crippen LogP contribution in [0.1, 0.15) is 43.3 Å². The van der Waals surface area contributed by atoms with Crippen LogP contribution < -0.4 is 10.2 Å². The molecule has 0 bridgehead atoms. The molecule has 8 heteroatoms. The molecule has 0 radical (unpaired) electrons. The molecule has 3 amide bonds. The van der Waals surface area contributed by atoms with Gasteiger partial charge < -0.3 is 20.0 Å². The number of aromatic nitrogens is 2. The van der Waals surface area contributed by atoms with Gasteiger partial charge in [0.1, 0.15) is 11.6 Å². The lowest BCUT2D eigenvalue weighted by Crippen LogP contribution is -2.49. The van der Waals surface area contributed by atoms with Crippen LogP contribution in [0.3, 0.4) is 0 Å². The van der Waals surface area contributed by atoms with Gasteiger partial charge in [-0.25, -0.2) is 14.8 Å². The first-order valence-electron chi connectivity index (χ1n) is 11.2. The Hall–Kier alpha value is -3.16. The van der Waals surface area contributed by atoms with Crippen LogP contribution in [-0.4, -0.2) is 71.5 Å². The number of anilines is 1. The highest BCUT2D eigenvalue weighted by Gasteiger charge is 2.22. The number of urea groups is 1. The summed E-state index contributed by atoms with van der Waals surface area (Å²) in [6.45, 7) is 9.83. The van der Waals surface area contributed by atoms with E-state index in [1.165, 1.54) is 0 Å². The second-order valence-electron chi connectivity index (χ2n) is 8.57. The second kappa shape index (κ2) is 10.9. The Morgan fingerprint density at radius 2 is 1.78 bits per heavy atom. The zero-order valence-corrected chi connectivity index (χ0v) is 19.5. The number of nitrogens with zero attached hydrogens (tertiary/aromatic N) is 5. The summed E-state index contributed by atoms with van der Waals surface area (Å²) in [6.07, 6.45) is 0.301. The van der Waals surface area contributed by atoms with E-state index in [-0.39, 0.29) is 17.9 Å². The fourth-order valence-electron chi connectivity index (χ4n) is 3.68. The van der Waals surface area contributed by atoms with Gasteiger partial charge in [-0.15, -0.1) is 0 Å². The van der Waals surface area contributed by atoms with E-state index < -0.39 is 0 Å². The summed E-state index contributed by atoms with van der Waals surface area (Å²) in [5.41, 5.74) is 2.03. The summed E-state index contributed by atoms with van der Waals surface area (Å²) < 4.78 is 0. The van der Waals surface area contributed by atoms with Gasteiger partial charge in [0.05, 0.1) is 0 Å². The van der Waals surface area contributed by atoms with Crippen molar-refractivity contribution in [2.45, 2.75) is 39.7 Å². The maximum absolute atomic E-state index is 12.6. The van der Waals surface area contributed by atoms with E-state index in [0.29, 0.717) is 32.6 Å². The molecule has 0 saturated carbocycles. The number of rotatable bonds is 7. The fourth-order valence-corrected chi connectivity index (χ4v) is 3.68. The van der Waals surface area contributed by atoms with E-state index in [1.807, 2.05) is 48.2 Å². The molecule has 1 saturated heterocycles. The third kappa shape index (κ3) is 6.42. The third-order valence-corrected chi connectivity index (χ3v) is 5.56. The van der Waals surface area contributed by atoms with Gasteiger partial charge in [0.25, 0.3) is 0 Å². The first-order valence-corrected chi connectivity index (χ1v) is 11.2.